The van der Waals surface area contributed by atoms with Crippen LogP contribution in [0.5, 0.6) is 0 Å². The van der Waals surface area contributed by atoms with Crippen LogP contribution in [-0.2, 0) is 59.5 Å². The van der Waals surface area contributed by atoms with E-state index in [1.165, 1.54) is 44.2 Å². The van der Waals surface area contributed by atoms with Gasteiger partial charge in [-0.3, -0.25) is 14.7 Å². The van der Waals surface area contributed by atoms with Crippen molar-refractivity contribution in [2.75, 3.05) is 32.2 Å². The van der Waals surface area contributed by atoms with E-state index in [0.29, 0.717) is 18.0 Å². The molecule has 4 aliphatic heterocycles. The number of aliphatic hydroxyl groups is 1. The predicted molar refractivity (Wildman–Crippen MR) is 264 cm³/mol. The van der Waals surface area contributed by atoms with Gasteiger partial charge < -0.3 is 34.1 Å². The minimum Gasteiger partial charge on any atom is -0.467 e. The molecule has 6 rings (SSSR count). The summed E-state index contributed by atoms with van der Waals surface area (Å²) in [4.78, 5) is 65.1. The van der Waals surface area contributed by atoms with E-state index in [1.807, 2.05) is 63.2 Å². The number of likely N-dealkylation sites (tertiary alicyclic amines) is 2. The molecule has 2 saturated heterocycles. The van der Waals surface area contributed by atoms with Crippen LogP contribution in [0.2, 0.25) is 0 Å². The molecule has 15 nitrogen and oxygen atoms in total. The quantitative estimate of drug-likeness (QED) is 0.0986. The maximum atomic E-state index is 12.7. The molecule has 0 unspecified atom stereocenters. The second kappa shape index (κ2) is 27.6. The number of halogens is 6. The fraction of sp³-hybridized carbons (Fsp3) is 0.575. The Morgan fingerprint density at radius 3 is 1.74 bits per heavy atom. The Morgan fingerprint density at radius 2 is 1.27 bits per heavy atom. The van der Waals surface area contributed by atoms with Gasteiger partial charge >= 0.3 is 34.8 Å². The molecule has 0 spiro atoms. The molecule has 2 aromatic carbocycles. The van der Waals surface area contributed by atoms with Crippen LogP contribution in [-0.4, -0.2) is 122 Å². The highest BCUT2D eigenvalue weighted by atomic mass is 127. The summed E-state index contributed by atoms with van der Waals surface area (Å²) in [6.07, 6.45) is -2.70. The number of carbonyl (C=O) groups excluding carboxylic acids is 5. The first-order valence-corrected chi connectivity index (χ1v) is 23.7. The van der Waals surface area contributed by atoms with Gasteiger partial charge in [0.05, 0.1) is 40.0 Å². The van der Waals surface area contributed by atoms with Crippen molar-refractivity contribution in [2.24, 2.45) is 0 Å². The van der Waals surface area contributed by atoms with Crippen molar-refractivity contribution in [3.63, 3.8) is 0 Å². The summed E-state index contributed by atoms with van der Waals surface area (Å²) in [5, 5.41) is 12.8. The molecule has 62 heavy (non-hydrogen) atoms. The summed E-state index contributed by atoms with van der Waals surface area (Å²) in [6, 6.07) is 10.6. The first-order valence-electron chi connectivity index (χ1n) is 19.6. The molecular weight excluding hydrogens is 1210 g/mol. The minimum absolute atomic E-state index is 0. The monoisotopic (exact) mass is 1260 g/mol. The number of amides is 3. The third-order valence-electron chi connectivity index (χ3n) is 9.03. The Hall–Kier alpha value is -1.83. The summed E-state index contributed by atoms with van der Waals surface area (Å²) >= 11 is 15.8. The van der Waals surface area contributed by atoms with E-state index in [4.69, 9.17) is 31.8 Å². The van der Waals surface area contributed by atoms with E-state index < -0.39 is 65.7 Å². The highest BCUT2D eigenvalue weighted by Crippen LogP contribution is 2.31. The SMILES string of the molecule is Brc1cccc2c1CNC2.COC(=O)[C@@H]1C[C@@H](O)CN1C(=O)OC(C)(C)C.COC(=O)[C@@H]1C[C@@H](OC(=O)N2Cc3cccc(Br)c3C2)CN1C(=O)OC(C)(C)C.Cl.Cl[B]I.[2H]CI. The normalized spacial score (nSPS) is 19.6. The number of alkyl halides is 1. The zero-order valence-corrected chi connectivity index (χ0v) is 44.9. The lowest BCUT2D eigenvalue weighted by molar-refractivity contribution is -0.146. The molecule has 0 saturated carbocycles. The molecule has 22 heteroatoms. The maximum absolute atomic E-state index is 12.7. The first kappa shape index (κ1) is 56.3. The van der Waals surface area contributed by atoms with Crippen molar-refractivity contribution in [3.8, 4) is 0 Å². The van der Waals surface area contributed by atoms with E-state index >= 15 is 0 Å². The van der Waals surface area contributed by atoms with Crippen molar-refractivity contribution in [3.05, 3.63) is 67.6 Å². The number of nitrogens with one attached hydrogen (secondary N) is 1. The molecule has 2 fully saturated rings. The number of aliphatic hydroxyl groups excluding tert-OH is 1. The van der Waals surface area contributed by atoms with Crippen LogP contribution in [0.25, 0.3) is 0 Å². The molecule has 4 aliphatic rings. The number of rotatable bonds is 3. The van der Waals surface area contributed by atoms with Gasteiger partial charge in [0, 0.05) is 42.8 Å². The Labute approximate surface area is 421 Å². The number of esters is 2. The van der Waals surface area contributed by atoms with Gasteiger partial charge in [-0.1, -0.05) is 78.7 Å². The van der Waals surface area contributed by atoms with Gasteiger partial charge in [0.1, 0.15) is 29.4 Å². The third kappa shape index (κ3) is 18.2. The summed E-state index contributed by atoms with van der Waals surface area (Å²) in [6.45, 7) is 13.6. The van der Waals surface area contributed by atoms with E-state index in [0.717, 1.165) is 28.7 Å². The molecule has 0 aliphatic carbocycles. The molecule has 4 atom stereocenters. The lowest BCUT2D eigenvalue weighted by Gasteiger charge is -2.27. The Morgan fingerprint density at radius 1 is 0.806 bits per heavy atom. The lowest BCUT2D eigenvalue weighted by atomic mass is 10.1. The van der Waals surface area contributed by atoms with Crippen LogP contribution >= 0.6 is 101 Å². The average molecular weight is 1270 g/mol. The van der Waals surface area contributed by atoms with Crippen molar-refractivity contribution in [1.29, 1.82) is 0 Å². The Kier molecular flexibility index (Phi) is 25.1. The van der Waals surface area contributed by atoms with Gasteiger partial charge in [-0.15, -0.1) is 34.8 Å². The number of methoxy groups -OCH3 is 2. The third-order valence-corrected chi connectivity index (χ3v) is 10.5. The van der Waals surface area contributed by atoms with Gasteiger partial charge in [0.15, 0.2) is 0 Å². The average Bonchev–Trinajstić information content (AvgIpc) is 4.00. The van der Waals surface area contributed by atoms with E-state index in [1.54, 1.807) is 46.4 Å². The van der Waals surface area contributed by atoms with E-state index in [9.17, 15) is 29.1 Å². The van der Waals surface area contributed by atoms with Crippen LogP contribution in [0.4, 0.5) is 14.4 Å². The molecule has 4 heterocycles. The van der Waals surface area contributed by atoms with Crippen LogP contribution < -0.4 is 5.32 Å². The van der Waals surface area contributed by atoms with Gasteiger partial charge in [-0.05, 0) is 80.8 Å². The van der Waals surface area contributed by atoms with Gasteiger partial charge in [0.2, 0.25) is 0 Å². The number of carbonyl (C=O) groups is 5. The molecule has 3 amide bonds. The summed E-state index contributed by atoms with van der Waals surface area (Å²) in [5.74, 6) is -1.10. The second-order valence-electron chi connectivity index (χ2n) is 15.8. The molecular formula is C40H56BBr2Cl2I2N4O11. The smallest absolute Gasteiger partial charge is 0.411 e. The van der Waals surface area contributed by atoms with Gasteiger partial charge in [0.25, 0.3) is 0 Å². The first-order chi connectivity index (χ1) is 29.0. The van der Waals surface area contributed by atoms with Crippen LogP contribution in [0, 0.1) is 0 Å². The number of nitrogens with zero attached hydrogens (tertiary/aromatic N) is 3. The number of ether oxygens (including phenoxy) is 5. The highest BCUT2D eigenvalue weighted by molar-refractivity contribution is 14.1. The summed E-state index contributed by atoms with van der Waals surface area (Å²) in [5.41, 5.74) is 3.62. The second-order valence-corrected chi connectivity index (χ2v) is 19.1. The molecule has 1 radical (unpaired) electrons. The molecule has 0 bridgehead atoms. The number of hydrogen-bond donors (Lipinski definition) is 2. The fourth-order valence-electron chi connectivity index (χ4n) is 6.48. The highest BCUT2D eigenvalue weighted by Gasteiger charge is 2.45. The lowest BCUT2D eigenvalue weighted by Crippen LogP contribution is -2.44. The predicted octanol–water partition coefficient (Wildman–Crippen LogP) is 8.70. The van der Waals surface area contributed by atoms with E-state index in [2.05, 4.69) is 60.1 Å². The van der Waals surface area contributed by atoms with Crippen molar-refractivity contribution >= 4 is 135 Å². The molecule has 2 N–H and O–H groups in total. The summed E-state index contributed by atoms with van der Waals surface area (Å²) in [7, 11) is 2.51. The number of benzene rings is 2. The topological polar surface area (TPSA) is 173 Å². The number of fused-ring (bicyclic) bond motifs is 2. The Bertz CT molecular complexity index is 1840. The van der Waals surface area contributed by atoms with Crippen LogP contribution in [0.1, 0.15) is 78.0 Å². The van der Waals surface area contributed by atoms with Crippen molar-refractivity contribution < 1.29 is 54.1 Å². The summed E-state index contributed by atoms with van der Waals surface area (Å²) < 4.78 is 35.4. The maximum Gasteiger partial charge on any atom is 0.411 e. The number of hydrogen-bond acceptors (Lipinski definition) is 12. The molecule has 0 aromatic heterocycles. The van der Waals surface area contributed by atoms with E-state index in [-0.39, 0.29) is 38.3 Å². The standard InChI is InChI=1S/C20H25BrN2O6.C11H19NO5.C8H8BrN.CH3I.BClI.ClH/c1-20(2,3)29-19(26)23-10-13(8-16(23)17(24)27-4)28-18(25)22-9-12-6-5-7-15(21)14(12)11-22;1-11(2,3)17-10(15)12-6-7(13)5-8(12)9(14)16-4;9-8-3-1-2-6-4-10-5-7(6)8;1-2;2-1-3;/h5-7,13,16H,8-11H2,1-4H3;7-8,13H,5-6H2,1-4H3;1-3,10H,4-5H2;1H3;;1H/t13-,16+;7-,8+;;;;/m11..../s1/i;;;1D;;. The zero-order valence-electron chi connectivity index (χ0n) is 36.9. The van der Waals surface area contributed by atoms with Crippen LogP contribution in [0.15, 0.2) is 45.3 Å². The van der Waals surface area contributed by atoms with Gasteiger partial charge in [-0.2, -0.15) is 11.5 Å². The van der Waals surface area contributed by atoms with Crippen molar-refractivity contribution in [1.82, 2.24) is 20.0 Å². The van der Waals surface area contributed by atoms with Crippen LogP contribution in [0.3, 0.4) is 0 Å². The largest absolute Gasteiger partial charge is 0.467 e. The van der Waals surface area contributed by atoms with Crippen molar-refractivity contribution in [2.45, 2.75) is 116 Å². The van der Waals surface area contributed by atoms with Gasteiger partial charge in [-0.25, -0.2) is 24.0 Å². The molecule has 347 valence electrons. The zero-order chi connectivity index (χ0) is 46.9. The molecule has 2 aromatic rings. The Balaban J connectivity index is 0.000000490. The minimum atomic E-state index is -0.849. The fourth-order valence-corrected chi connectivity index (χ4v) is 7.56. The number of β-amino-alcohol motifs (C(OH)–C–C–N with tert-alkyl or cyclic N) is 1.